The summed E-state index contributed by atoms with van der Waals surface area (Å²) >= 11 is 0. The van der Waals surface area contributed by atoms with Crippen molar-refractivity contribution < 1.29 is 4.74 Å². The molecule has 10 rings (SSSR count). The van der Waals surface area contributed by atoms with Gasteiger partial charge in [-0.25, -0.2) is 0 Å². The van der Waals surface area contributed by atoms with E-state index in [2.05, 4.69) is 174 Å². The van der Waals surface area contributed by atoms with Crippen LogP contribution in [0.1, 0.15) is 0 Å². The van der Waals surface area contributed by atoms with E-state index in [0.29, 0.717) is 0 Å². The highest BCUT2D eigenvalue weighted by Crippen LogP contribution is 2.46. The number of benzene rings is 7. The SMILES string of the molecule is c1ccc(-c2ccccc2-c2cccc3c2Oc2cccc4c2B3c2cccc3c(-c5ccccc5)c(-c5ccccc5)n-4c23)cc1. The maximum absolute atomic E-state index is 7.04. The lowest BCUT2D eigenvalue weighted by molar-refractivity contribution is 0.489. The quantitative estimate of drug-likeness (QED) is 0.185. The Balaban J connectivity index is 1.28. The molecule has 0 saturated carbocycles. The van der Waals surface area contributed by atoms with Crippen LogP contribution in [0.5, 0.6) is 11.5 Å². The van der Waals surface area contributed by atoms with Crippen molar-refractivity contribution in [3.05, 3.63) is 170 Å². The van der Waals surface area contributed by atoms with Crippen molar-refractivity contribution >= 4 is 34.0 Å². The monoisotopic (exact) mass is 597 g/mol. The van der Waals surface area contributed by atoms with Crippen molar-refractivity contribution in [3.63, 3.8) is 0 Å². The normalized spacial score (nSPS) is 12.4. The molecule has 47 heavy (non-hydrogen) atoms. The van der Waals surface area contributed by atoms with Crippen LogP contribution in [0.25, 0.3) is 61.2 Å². The zero-order chi connectivity index (χ0) is 30.9. The fourth-order valence-electron chi connectivity index (χ4n) is 7.99. The molecule has 0 aliphatic carbocycles. The van der Waals surface area contributed by atoms with Crippen molar-refractivity contribution in [1.82, 2.24) is 4.57 Å². The van der Waals surface area contributed by atoms with Crippen LogP contribution in [0.4, 0.5) is 0 Å². The van der Waals surface area contributed by atoms with Crippen molar-refractivity contribution in [2.24, 2.45) is 0 Å². The van der Waals surface area contributed by atoms with Crippen LogP contribution in [-0.4, -0.2) is 11.3 Å². The zero-order valence-electron chi connectivity index (χ0n) is 25.6. The smallest absolute Gasteiger partial charge is 0.256 e. The molecule has 7 aromatic carbocycles. The lowest BCUT2D eigenvalue weighted by atomic mass is 9.34. The Hall–Kier alpha value is -6.06. The molecule has 218 valence electrons. The number of hydrogen-bond acceptors (Lipinski definition) is 1. The van der Waals surface area contributed by atoms with Crippen molar-refractivity contribution in [2.75, 3.05) is 0 Å². The van der Waals surface area contributed by atoms with E-state index in [1.807, 2.05) is 0 Å². The second kappa shape index (κ2) is 10.2. The molecule has 0 N–H and O–H groups in total. The lowest BCUT2D eigenvalue weighted by Crippen LogP contribution is -2.58. The predicted molar refractivity (Wildman–Crippen MR) is 196 cm³/mol. The van der Waals surface area contributed by atoms with Gasteiger partial charge in [0.1, 0.15) is 11.5 Å². The number of rotatable bonds is 4. The standard InChI is InChI=1S/C44H28BNO/c1-4-15-29(16-5-1)32-21-10-11-22-33(32)34-23-12-26-37-44(34)47-39-28-14-27-38-41(39)45(37)36-25-13-24-35-40(30-17-6-2-7-18-30)42(46(38)43(35)36)31-19-8-3-9-20-31/h1-28H. The molecule has 0 saturated heterocycles. The van der Waals surface area contributed by atoms with Gasteiger partial charge in [0, 0.05) is 27.7 Å². The van der Waals surface area contributed by atoms with Gasteiger partial charge >= 0.3 is 0 Å². The number of ether oxygens (including phenoxy) is 1. The van der Waals surface area contributed by atoms with Crippen molar-refractivity contribution in [2.45, 2.75) is 0 Å². The van der Waals surface area contributed by atoms with Gasteiger partial charge in [0.05, 0.1) is 5.69 Å². The zero-order valence-corrected chi connectivity index (χ0v) is 25.6. The first-order chi connectivity index (χ1) is 23.4. The molecular weight excluding hydrogens is 569 g/mol. The first-order valence-electron chi connectivity index (χ1n) is 16.2. The fraction of sp³-hybridized carbons (Fsp3) is 0. The van der Waals surface area contributed by atoms with Gasteiger partial charge in [0.15, 0.2) is 0 Å². The third kappa shape index (κ3) is 3.80. The summed E-state index contributed by atoms with van der Waals surface area (Å²) in [6.07, 6.45) is 0. The summed E-state index contributed by atoms with van der Waals surface area (Å²) < 4.78 is 9.54. The largest absolute Gasteiger partial charge is 0.458 e. The summed E-state index contributed by atoms with van der Waals surface area (Å²) in [4.78, 5) is 0. The predicted octanol–water partition coefficient (Wildman–Crippen LogP) is 9.23. The molecule has 2 aliphatic rings. The van der Waals surface area contributed by atoms with Crippen LogP contribution in [0.3, 0.4) is 0 Å². The first-order valence-corrected chi connectivity index (χ1v) is 16.2. The molecule has 0 radical (unpaired) electrons. The van der Waals surface area contributed by atoms with Gasteiger partial charge < -0.3 is 9.30 Å². The minimum Gasteiger partial charge on any atom is -0.458 e. The molecule has 0 unspecified atom stereocenters. The molecule has 0 spiro atoms. The summed E-state index contributed by atoms with van der Waals surface area (Å²) in [5.74, 6) is 1.86. The molecule has 1 aromatic heterocycles. The summed E-state index contributed by atoms with van der Waals surface area (Å²) in [5, 5.41) is 1.27. The minimum atomic E-state index is 0.0344. The summed E-state index contributed by atoms with van der Waals surface area (Å²) in [5.41, 5.74) is 15.7. The molecule has 8 aromatic rings. The van der Waals surface area contributed by atoms with E-state index in [1.165, 1.54) is 72.1 Å². The van der Waals surface area contributed by atoms with Crippen LogP contribution in [-0.2, 0) is 0 Å². The molecule has 2 nitrogen and oxygen atoms in total. The van der Waals surface area contributed by atoms with Crippen molar-refractivity contribution in [1.29, 1.82) is 0 Å². The maximum atomic E-state index is 7.04. The van der Waals surface area contributed by atoms with Gasteiger partial charge in [-0.05, 0) is 56.3 Å². The van der Waals surface area contributed by atoms with E-state index in [1.54, 1.807) is 0 Å². The molecule has 0 atom stereocenters. The van der Waals surface area contributed by atoms with E-state index in [4.69, 9.17) is 4.74 Å². The Bertz CT molecular complexity index is 2480. The highest BCUT2D eigenvalue weighted by molar-refractivity contribution is 6.99. The lowest BCUT2D eigenvalue weighted by Gasteiger charge is -2.34. The van der Waals surface area contributed by atoms with Gasteiger partial charge in [-0.15, -0.1) is 0 Å². The Labute approximate surface area is 274 Å². The molecule has 0 fully saturated rings. The highest BCUT2D eigenvalue weighted by atomic mass is 16.5. The minimum absolute atomic E-state index is 0.0344. The van der Waals surface area contributed by atoms with Crippen LogP contribution in [0, 0.1) is 0 Å². The number of hydrogen-bond donors (Lipinski definition) is 0. The van der Waals surface area contributed by atoms with E-state index >= 15 is 0 Å². The number of aromatic nitrogens is 1. The highest BCUT2D eigenvalue weighted by Gasteiger charge is 2.42. The first kappa shape index (κ1) is 26.2. The van der Waals surface area contributed by atoms with E-state index in [-0.39, 0.29) is 6.71 Å². The maximum Gasteiger partial charge on any atom is 0.256 e. The van der Waals surface area contributed by atoms with Crippen LogP contribution in [0.15, 0.2) is 170 Å². The van der Waals surface area contributed by atoms with Crippen LogP contribution < -0.4 is 21.1 Å². The van der Waals surface area contributed by atoms with Crippen molar-refractivity contribution in [3.8, 4) is 61.8 Å². The topological polar surface area (TPSA) is 14.2 Å². The Morgan fingerprint density at radius 2 is 1.04 bits per heavy atom. The molecule has 3 heterocycles. The summed E-state index contributed by atoms with van der Waals surface area (Å²) in [7, 11) is 0. The van der Waals surface area contributed by atoms with Gasteiger partial charge in [-0.2, -0.15) is 0 Å². The van der Waals surface area contributed by atoms with Gasteiger partial charge in [-0.1, -0.05) is 158 Å². The fourth-order valence-corrected chi connectivity index (χ4v) is 7.99. The average Bonchev–Trinajstić information content (AvgIpc) is 3.50. The number of fused-ring (bicyclic) bond motifs is 4. The molecule has 3 heteroatoms. The average molecular weight is 598 g/mol. The summed E-state index contributed by atoms with van der Waals surface area (Å²) in [6.45, 7) is 0.0344. The summed E-state index contributed by atoms with van der Waals surface area (Å²) in [6, 6.07) is 61.1. The number of nitrogens with zero attached hydrogens (tertiary/aromatic N) is 1. The second-order valence-corrected chi connectivity index (χ2v) is 12.4. The Morgan fingerprint density at radius 1 is 0.447 bits per heavy atom. The molecule has 2 aliphatic heterocycles. The van der Waals surface area contributed by atoms with E-state index < -0.39 is 0 Å². The van der Waals surface area contributed by atoms with E-state index in [0.717, 1.165) is 17.1 Å². The third-order valence-corrected chi connectivity index (χ3v) is 9.88. The van der Waals surface area contributed by atoms with E-state index in [9.17, 15) is 0 Å². The molecule has 0 amide bonds. The Morgan fingerprint density at radius 3 is 1.81 bits per heavy atom. The van der Waals surface area contributed by atoms with Crippen LogP contribution >= 0.6 is 0 Å². The third-order valence-electron chi connectivity index (χ3n) is 9.88. The van der Waals surface area contributed by atoms with Crippen LogP contribution in [0.2, 0.25) is 0 Å². The number of para-hydroxylation sites is 2. The van der Waals surface area contributed by atoms with Gasteiger partial charge in [0.2, 0.25) is 0 Å². The molecule has 0 bridgehead atoms. The Kier molecular flexibility index (Phi) is 5.70. The second-order valence-electron chi connectivity index (χ2n) is 12.4. The van der Waals surface area contributed by atoms with Gasteiger partial charge in [-0.3, -0.25) is 0 Å². The van der Waals surface area contributed by atoms with Gasteiger partial charge in [0.25, 0.3) is 6.71 Å². The molecular formula is C44H28BNO.